The van der Waals surface area contributed by atoms with Crippen molar-refractivity contribution in [3.63, 3.8) is 0 Å². The van der Waals surface area contributed by atoms with Crippen LogP contribution in [-0.2, 0) is 4.74 Å². The Kier molecular flexibility index (Phi) is 4.30. The van der Waals surface area contributed by atoms with Gasteiger partial charge in [0.15, 0.2) is 0 Å². The van der Waals surface area contributed by atoms with Gasteiger partial charge in [-0.15, -0.1) is 11.6 Å². The minimum Gasteiger partial charge on any atom is -0.376 e. The van der Waals surface area contributed by atoms with E-state index in [0.29, 0.717) is 11.8 Å². The maximum Gasteiger partial charge on any atom is 0.0598 e. The third kappa shape index (κ3) is 6.37. The SMILES string of the molecule is C[C@@H](CCl)COC(C)(C)C. The second kappa shape index (κ2) is 4.20. The summed E-state index contributed by atoms with van der Waals surface area (Å²) in [6, 6.07) is 0. The van der Waals surface area contributed by atoms with Crippen LogP contribution in [0, 0.1) is 5.92 Å². The molecule has 0 unspecified atom stereocenters. The average Bonchev–Trinajstić information content (AvgIpc) is 1.81. The molecule has 0 saturated carbocycles. The Morgan fingerprint density at radius 1 is 1.40 bits per heavy atom. The van der Waals surface area contributed by atoms with Crippen LogP contribution in [0.5, 0.6) is 0 Å². The van der Waals surface area contributed by atoms with E-state index in [2.05, 4.69) is 6.92 Å². The van der Waals surface area contributed by atoms with Gasteiger partial charge in [0.05, 0.1) is 12.2 Å². The minimum absolute atomic E-state index is 0.0275. The lowest BCUT2D eigenvalue weighted by Gasteiger charge is -2.21. The summed E-state index contributed by atoms with van der Waals surface area (Å²) in [4.78, 5) is 0. The van der Waals surface area contributed by atoms with Gasteiger partial charge in [0.25, 0.3) is 0 Å². The van der Waals surface area contributed by atoms with Crippen molar-refractivity contribution in [1.82, 2.24) is 0 Å². The van der Waals surface area contributed by atoms with E-state index in [1.807, 2.05) is 20.8 Å². The molecule has 0 aromatic rings. The standard InChI is InChI=1S/C8H17ClO/c1-7(5-9)6-10-8(2,3)4/h7H,5-6H2,1-4H3/t7-/m0/s1. The number of halogens is 1. The predicted molar refractivity (Wildman–Crippen MR) is 45.6 cm³/mol. The molecule has 0 aliphatic carbocycles. The van der Waals surface area contributed by atoms with Gasteiger partial charge in [-0.3, -0.25) is 0 Å². The van der Waals surface area contributed by atoms with Crippen LogP contribution in [0.25, 0.3) is 0 Å². The maximum atomic E-state index is 5.60. The number of alkyl halides is 1. The topological polar surface area (TPSA) is 9.23 Å². The molecule has 1 nitrogen and oxygen atoms in total. The summed E-state index contributed by atoms with van der Waals surface area (Å²) in [6.07, 6.45) is 0. The lowest BCUT2D eigenvalue weighted by atomic mass is 10.2. The van der Waals surface area contributed by atoms with E-state index in [9.17, 15) is 0 Å². The molecule has 0 aliphatic heterocycles. The zero-order valence-electron chi connectivity index (χ0n) is 7.28. The highest BCUT2D eigenvalue weighted by molar-refractivity contribution is 6.18. The molecule has 0 saturated heterocycles. The third-order valence-corrected chi connectivity index (χ3v) is 1.59. The summed E-state index contributed by atoms with van der Waals surface area (Å²) in [5, 5.41) is 0. The highest BCUT2D eigenvalue weighted by Crippen LogP contribution is 2.09. The maximum absolute atomic E-state index is 5.60. The number of ether oxygens (including phenoxy) is 1. The van der Waals surface area contributed by atoms with Crippen LogP contribution >= 0.6 is 11.6 Å². The number of hydrogen-bond donors (Lipinski definition) is 0. The van der Waals surface area contributed by atoms with Gasteiger partial charge in [-0.1, -0.05) is 6.92 Å². The quantitative estimate of drug-likeness (QED) is 0.583. The van der Waals surface area contributed by atoms with Crippen molar-refractivity contribution >= 4 is 11.6 Å². The zero-order valence-corrected chi connectivity index (χ0v) is 8.03. The van der Waals surface area contributed by atoms with Crippen LogP contribution < -0.4 is 0 Å². The van der Waals surface area contributed by atoms with E-state index in [-0.39, 0.29) is 5.60 Å². The lowest BCUT2D eigenvalue weighted by molar-refractivity contribution is -0.0162. The second-order valence-electron chi connectivity index (χ2n) is 3.68. The molecule has 1 atom stereocenters. The first kappa shape index (κ1) is 10.2. The van der Waals surface area contributed by atoms with Crippen LogP contribution in [0.2, 0.25) is 0 Å². The fourth-order valence-electron chi connectivity index (χ4n) is 0.437. The molecule has 0 N–H and O–H groups in total. The van der Waals surface area contributed by atoms with E-state index >= 15 is 0 Å². The second-order valence-corrected chi connectivity index (χ2v) is 3.99. The molecule has 0 heterocycles. The zero-order chi connectivity index (χ0) is 8.20. The van der Waals surface area contributed by atoms with Gasteiger partial charge in [0.2, 0.25) is 0 Å². The van der Waals surface area contributed by atoms with Gasteiger partial charge in [-0.05, 0) is 26.7 Å². The Morgan fingerprint density at radius 2 is 1.90 bits per heavy atom. The van der Waals surface area contributed by atoms with Gasteiger partial charge in [0.1, 0.15) is 0 Å². The van der Waals surface area contributed by atoms with Crippen molar-refractivity contribution in [2.24, 2.45) is 5.92 Å². The fraction of sp³-hybridized carbons (Fsp3) is 1.00. The lowest BCUT2D eigenvalue weighted by Crippen LogP contribution is -2.23. The van der Waals surface area contributed by atoms with E-state index in [1.54, 1.807) is 0 Å². The van der Waals surface area contributed by atoms with Crippen molar-refractivity contribution in [2.75, 3.05) is 12.5 Å². The molecule has 0 radical (unpaired) electrons. The Bertz CT molecular complexity index is 85.7. The molecule has 0 aliphatic rings. The van der Waals surface area contributed by atoms with Crippen molar-refractivity contribution < 1.29 is 4.74 Å². The molecule has 0 fully saturated rings. The van der Waals surface area contributed by atoms with E-state index < -0.39 is 0 Å². The summed E-state index contributed by atoms with van der Waals surface area (Å²) >= 11 is 5.60. The van der Waals surface area contributed by atoms with Crippen LogP contribution in [0.4, 0.5) is 0 Å². The molecular formula is C8H17ClO. The molecule has 0 aromatic carbocycles. The monoisotopic (exact) mass is 164 g/mol. The van der Waals surface area contributed by atoms with E-state index in [1.165, 1.54) is 0 Å². The van der Waals surface area contributed by atoms with Gasteiger partial charge >= 0.3 is 0 Å². The Hall–Kier alpha value is 0.250. The smallest absolute Gasteiger partial charge is 0.0598 e. The summed E-state index contributed by atoms with van der Waals surface area (Å²) < 4.78 is 5.50. The predicted octanol–water partition coefficient (Wildman–Crippen LogP) is 2.68. The first-order chi connectivity index (χ1) is 4.45. The summed E-state index contributed by atoms with van der Waals surface area (Å²) in [7, 11) is 0. The normalized spacial score (nSPS) is 15.3. The fourth-order valence-corrected chi connectivity index (χ4v) is 0.526. The van der Waals surface area contributed by atoms with E-state index in [0.717, 1.165) is 6.61 Å². The molecule has 2 heteroatoms. The van der Waals surface area contributed by atoms with Crippen LogP contribution in [-0.4, -0.2) is 18.1 Å². The first-order valence-corrected chi connectivity index (χ1v) is 4.19. The van der Waals surface area contributed by atoms with Gasteiger partial charge in [-0.2, -0.15) is 0 Å². The van der Waals surface area contributed by atoms with Crippen LogP contribution in [0.3, 0.4) is 0 Å². The Labute approximate surface area is 68.7 Å². The van der Waals surface area contributed by atoms with Crippen molar-refractivity contribution in [3.8, 4) is 0 Å². The molecule has 0 spiro atoms. The van der Waals surface area contributed by atoms with Crippen molar-refractivity contribution in [3.05, 3.63) is 0 Å². The van der Waals surface area contributed by atoms with Gasteiger partial charge < -0.3 is 4.74 Å². The largest absolute Gasteiger partial charge is 0.376 e. The summed E-state index contributed by atoms with van der Waals surface area (Å²) in [6.45, 7) is 8.99. The number of rotatable bonds is 3. The van der Waals surface area contributed by atoms with Crippen molar-refractivity contribution in [1.29, 1.82) is 0 Å². The van der Waals surface area contributed by atoms with E-state index in [4.69, 9.17) is 16.3 Å². The van der Waals surface area contributed by atoms with Gasteiger partial charge in [-0.25, -0.2) is 0 Å². The minimum atomic E-state index is -0.0275. The average molecular weight is 165 g/mol. The Morgan fingerprint density at radius 3 is 2.20 bits per heavy atom. The molecule has 0 aromatic heterocycles. The number of hydrogen-bond acceptors (Lipinski definition) is 1. The molecule has 0 bridgehead atoms. The Balaban J connectivity index is 3.36. The summed E-state index contributed by atoms with van der Waals surface area (Å²) in [5.41, 5.74) is -0.0275. The summed E-state index contributed by atoms with van der Waals surface area (Å²) in [5.74, 6) is 1.14. The molecule has 0 amide bonds. The van der Waals surface area contributed by atoms with Crippen LogP contribution in [0.15, 0.2) is 0 Å². The van der Waals surface area contributed by atoms with Crippen LogP contribution in [0.1, 0.15) is 27.7 Å². The molecular weight excluding hydrogens is 148 g/mol. The molecule has 0 rings (SSSR count). The highest BCUT2D eigenvalue weighted by Gasteiger charge is 2.11. The van der Waals surface area contributed by atoms with Crippen molar-refractivity contribution in [2.45, 2.75) is 33.3 Å². The third-order valence-electron chi connectivity index (χ3n) is 1.06. The molecule has 62 valence electrons. The van der Waals surface area contributed by atoms with Gasteiger partial charge in [0, 0.05) is 5.88 Å². The first-order valence-electron chi connectivity index (χ1n) is 3.65. The highest BCUT2D eigenvalue weighted by atomic mass is 35.5. The molecule has 10 heavy (non-hydrogen) atoms.